The van der Waals surface area contributed by atoms with Gasteiger partial charge in [0.15, 0.2) is 35.5 Å². The minimum absolute atomic E-state index is 0.144. The number of carbonyl (C=O) groups excluding carboxylic acids is 5. The Balaban J connectivity index is 1.57. The topological polar surface area (TPSA) is 206 Å². The highest BCUT2D eigenvalue weighted by molar-refractivity contribution is 6.29. The molecule has 1 saturated heterocycles. The maximum absolute atomic E-state index is 17.1. The second-order valence-electron chi connectivity index (χ2n) is 17.8. The summed E-state index contributed by atoms with van der Waals surface area (Å²) in [6.45, 7) is 16.2. The van der Waals surface area contributed by atoms with E-state index in [0.717, 1.165) is 22.0 Å². The number of hydrogen-bond acceptors (Lipinski definition) is 16. The number of ether oxygens (including phenoxy) is 8. The molecule has 4 atom stereocenters. The zero-order valence-corrected chi connectivity index (χ0v) is 39.0. The molecule has 2 aromatic heterocycles. The van der Waals surface area contributed by atoms with Gasteiger partial charge in [-0.2, -0.15) is 14.9 Å². The van der Waals surface area contributed by atoms with Crippen molar-refractivity contribution in [2.75, 3.05) is 24.7 Å². The minimum atomic E-state index is -2.46. The number of rotatable bonds is 13. The summed E-state index contributed by atoms with van der Waals surface area (Å²) < 4.78 is 63.3. The molecule has 1 aliphatic heterocycles. The number of halogens is 2. The molecule has 2 aromatic carbocycles. The molecule has 0 N–H and O–H groups in total. The first kappa shape index (κ1) is 50.1. The molecule has 0 aliphatic carbocycles. The molecule has 0 saturated carbocycles. The lowest BCUT2D eigenvalue weighted by molar-refractivity contribution is -0.197. The van der Waals surface area contributed by atoms with E-state index in [1.54, 1.807) is 88.3 Å². The Morgan fingerprint density at radius 1 is 0.769 bits per heavy atom. The van der Waals surface area contributed by atoms with E-state index in [1.807, 2.05) is 42.5 Å². The third-order valence-corrected chi connectivity index (χ3v) is 9.29. The number of carbonyl (C=O) groups is 5. The maximum atomic E-state index is 17.1. The summed E-state index contributed by atoms with van der Waals surface area (Å²) in [5.41, 5.74) is -3.91. The number of imidazole rings is 1. The monoisotopic (exact) mass is 927 g/mol. The number of imide groups is 1. The molecule has 2 amide bonds. The summed E-state index contributed by atoms with van der Waals surface area (Å²) in [6.07, 6.45) is -10.4. The summed E-state index contributed by atoms with van der Waals surface area (Å²) in [7, 11) is 0. The van der Waals surface area contributed by atoms with E-state index in [0.29, 0.717) is 10.5 Å². The highest BCUT2D eigenvalue weighted by Gasteiger charge is 2.55. The second-order valence-corrected chi connectivity index (χ2v) is 18.1. The van der Waals surface area contributed by atoms with Gasteiger partial charge in [-0.05, 0) is 104 Å². The molecule has 1 fully saturated rings. The highest BCUT2D eigenvalue weighted by atomic mass is 35.5. The fourth-order valence-corrected chi connectivity index (χ4v) is 6.67. The summed E-state index contributed by atoms with van der Waals surface area (Å²) in [4.78, 5) is 81.4. The van der Waals surface area contributed by atoms with Crippen molar-refractivity contribution in [2.24, 2.45) is 0 Å². The van der Waals surface area contributed by atoms with E-state index in [1.165, 1.54) is 0 Å². The van der Waals surface area contributed by atoms with Gasteiger partial charge >= 0.3 is 30.3 Å². The molecule has 352 valence electrons. The number of amides is 2. The van der Waals surface area contributed by atoms with Crippen LogP contribution in [0.1, 0.15) is 88.0 Å². The molecule has 0 bridgehead atoms. The van der Waals surface area contributed by atoms with Crippen molar-refractivity contribution in [1.29, 1.82) is 0 Å². The SMILES string of the molecule is CCOC(=O)C(Cc1ccc(-c2ccccc2)cc1)(OC[C@H]1O[C@@H](n2cnc3c(N(C(=O)OC(C)(C)C)C(=O)OC(C)(C)C)nc(Cl)nc32)[C@@H](F)[C@@H]1OC(=O)OC(C)(C)C)C(=O)OCC. The van der Waals surface area contributed by atoms with Crippen LogP contribution in [0.4, 0.5) is 24.6 Å². The third-order valence-electron chi connectivity index (χ3n) is 9.12. The van der Waals surface area contributed by atoms with Crippen LogP contribution in [0.3, 0.4) is 0 Å². The van der Waals surface area contributed by atoms with Crippen LogP contribution in [0, 0.1) is 0 Å². The van der Waals surface area contributed by atoms with Gasteiger partial charge in [-0.15, -0.1) is 0 Å². The minimum Gasteiger partial charge on any atom is -0.463 e. The number of esters is 2. The van der Waals surface area contributed by atoms with Gasteiger partial charge in [0.1, 0.15) is 22.9 Å². The predicted octanol–water partition coefficient (Wildman–Crippen LogP) is 8.50. The lowest BCUT2D eigenvalue weighted by Crippen LogP contribution is -2.54. The first-order valence-electron chi connectivity index (χ1n) is 20.8. The van der Waals surface area contributed by atoms with E-state index in [4.69, 9.17) is 49.5 Å². The molecule has 0 radical (unpaired) electrons. The fourth-order valence-electron chi connectivity index (χ4n) is 6.51. The smallest absolute Gasteiger partial charge is 0.463 e. The Morgan fingerprint density at radius 2 is 1.31 bits per heavy atom. The molecule has 1 aliphatic rings. The van der Waals surface area contributed by atoms with Crippen LogP contribution < -0.4 is 4.90 Å². The molecule has 18 nitrogen and oxygen atoms in total. The van der Waals surface area contributed by atoms with Crippen LogP contribution in [0.25, 0.3) is 22.3 Å². The zero-order chi connectivity index (χ0) is 48.1. The van der Waals surface area contributed by atoms with Gasteiger partial charge < -0.3 is 37.9 Å². The predicted molar refractivity (Wildman–Crippen MR) is 233 cm³/mol. The van der Waals surface area contributed by atoms with Crippen LogP contribution >= 0.6 is 11.6 Å². The van der Waals surface area contributed by atoms with Gasteiger partial charge in [-0.1, -0.05) is 54.6 Å². The van der Waals surface area contributed by atoms with E-state index in [2.05, 4.69) is 15.0 Å². The Morgan fingerprint density at radius 3 is 1.83 bits per heavy atom. The number of anilines is 1. The molecule has 3 heterocycles. The summed E-state index contributed by atoms with van der Waals surface area (Å²) in [5, 5.41) is -0.508. The van der Waals surface area contributed by atoms with E-state index >= 15 is 4.39 Å². The van der Waals surface area contributed by atoms with Crippen LogP contribution in [0.5, 0.6) is 0 Å². The van der Waals surface area contributed by atoms with Crippen molar-refractivity contribution in [2.45, 2.75) is 130 Å². The van der Waals surface area contributed by atoms with Crippen molar-refractivity contribution in [3.63, 3.8) is 0 Å². The molecule has 5 rings (SSSR count). The Labute approximate surface area is 380 Å². The number of fused-ring (bicyclic) bond motifs is 1. The van der Waals surface area contributed by atoms with Crippen molar-refractivity contribution in [1.82, 2.24) is 19.5 Å². The van der Waals surface area contributed by atoms with Crippen molar-refractivity contribution in [3.8, 4) is 11.1 Å². The molecule has 0 spiro atoms. The van der Waals surface area contributed by atoms with Crippen LogP contribution in [-0.2, 0) is 53.9 Å². The normalized spacial score (nSPS) is 17.9. The largest absolute Gasteiger partial charge is 0.509 e. The first-order valence-corrected chi connectivity index (χ1v) is 21.2. The van der Waals surface area contributed by atoms with Crippen LogP contribution in [0.2, 0.25) is 5.28 Å². The van der Waals surface area contributed by atoms with Gasteiger partial charge in [0.2, 0.25) is 5.28 Å². The van der Waals surface area contributed by atoms with E-state index in [-0.39, 0.29) is 30.8 Å². The van der Waals surface area contributed by atoms with Crippen molar-refractivity contribution in [3.05, 3.63) is 71.8 Å². The third kappa shape index (κ3) is 12.5. The molecule has 65 heavy (non-hydrogen) atoms. The standard InChI is InChI=1S/C45H55ClFN5O13/c1-12-58-36(53)45(37(54)59-13-2,23-26-19-21-28(22-20-26)27-17-15-14-16-18-27)60-24-29-32(62-41(57)65-44(9,10)11)30(47)35(61-29)51-25-48-31-33(51)49-38(46)50-34(31)52(39(55)63-42(3,4)5)40(56)64-43(6,7)8/h14-22,25,29-30,32,35H,12-13,23-24H2,1-11H3/t29-,30+,32-,35-/m1/s1. The van der Waals surface area contributed by atoms with Gasteiger partial charge in [0.25, 0.3) is 5.60 Å². The quantitative estimate of drug-likeness (QED) is 0.0533. The molecule has 0 unspecified atom stereocenters. The van der Waals surface area contributed by atoms with Gasteiger partial charge in [0, 0.05) is 6.42 Å². The Hall–Kier alpha value is -5.92. The van der Waals surface area contributed by atoms with E-state index in [9.17, 15) is 24.0 Å². The summed E-state index contributed by atoms with van der Waals surface area (Å²) >= 11 is 6.40. The van der Waals surface area contributed by atoms with Crippen molar-refractivity contribution < 1.29 is 66.3 Å². The molecular formula is C45H55ClFN5O13. The van der Waals surface area contributed by atoms with Gasteiger partial charge in [-0.3, -0.25) is 4.57 Å². The first-order chi connectivity index (χ1) is 30.4. The maximum Gasteiger partial charge on any atom is 0.509 e. The molecule has 4 aromatic rings. The lowest BCUT2D eigenvalue weighted by atomic mass is 9.92. The molecule has 20 heteroatoms. The van der Waals surface area contributed by atoms with E-state index < -0.39 is 95.0 Å². The van der Waals surface area contributed by atoms with Crippen LogP contribution in [0.15, 0.2) is 60.9 Å². The highest BCUT2D eigenvalue weighted by Crippen LogP contribution is 2.39. The number of benzene rings is 2. The van der Waals surface area contributed by atoms with Gasteiger partial charge in [-0.25, -0.2) is 33.3 Å². The Kier molecular flexibility index (Phi) is 15.5. The number of alkyl halides is 1. The van der Waals surface area contributed by atoms with Gasteiger partial charge in [0.05, 0.1) is 26.1 Å². The fraction of sp³-hybridized carbons (Fsp3) is 0.511. The average Bonchev–Trinajstić information content (AvgIpc) is 3.74. The molecular weight excluding hydrogens is 873 g/mol. The number of hydrogen-bond donors (Lipinski definition) is 0. The Bertz CT molecular complexity index is 2300. The summed E-state index contributed by atoms with van der Waals surface area (Å²) in [5.74, 6) is -2.66. The summed E-state index contributed by atoms with van der Waals surface area (Å²) in [6, 6.07) is 16.6. The average molecular weight is 928 g/mol. The zero-order valence-electron chi connectivity index (χ0n) is 38.2. The number of aromatic nitrogens is 4. The van der Waals surface area contributed by atoms with Crippen molar-refractivity contribution >= 4 is 58.9 Å². The lowest BCUT2D eigenvalue weighted by Gasteiger charge is -2.31. The second kappa shape index (κ2) is 20.1. The number of nitrogens with zero attached hydrogens (tertiary/aromatic N) is 5. The van der Waals surface area contributed by atoms with Crippen LogP contribution in [-0.4, -0.2) is 110 Å².